The molecule has 0 aliphatic carbocycles. The SMILES string of the molecule is CCCCCCCCCCCCCCCC(=O)NC(CCC(=O)ON1C(=O)CCC1=O)C(=O)OC. The van der Waals surface area contributed by atoms with E-state index in [0.717, 1.165) is 19.3 Å². The Balaban J connectivity index is 2.14. The molecular weight excluding hydrogens is 452 g/mol. The van der Waals surface area contributed by atoms with Crippen LogP contribution in [-0.2, 0) is 33.5 Å². The van der Waals surface area contributed by atoms with Crippen molar-refractivity contribution >= 4 is 29.7 Å². The number of hydrogen-bond acceptors (Lipinski definition) is 7. The first-order valence-corrected chi connectivity index (χ1v) is 13.3. The van der Waals surface area contributed by atoms with E-state index in [2.05, 4.69) is 12.2 Å². The summed E-state index contributed by atoms with van der Waals surface area (Å²) < 4.78 is 4.71. The van der Waals surface area contributed by atoms with Crippen molar-refractivity contribution < 1.29 is 33.5 Å². The number of nitrogens with zero attached hydrogens (tertiary/aromatic N) is 1. The lowest BCUT2D eigenvalue weighted by Gasteiger charge is -2.17. The molecule has 1 atom stereocenters. The van der Waals surface area contributed by atoms with Crippen LogP contribution in [0.4, 0.5) is 0 Å². The van der Waals surface area contributed by atoms with Crippen molar-refractivity contribution in [1.29, 1.82) is 0 Å². The van der Waals surface area contributed by atoms with E-state index >= 15 is 0 Å². The lowest BCUT2D eigenvalue weighted by atomic mass is 10.0. The number of carbonyl (C=O) groups excluding carboxylic acids is 5. The average Bonchev–Trinajstić information content (AvgIpc) is 3.16. The van der Waals surface area contributed by atoms with E-state index < -0.39 is 29.8 Å². The molecule has 9 nitrogen and oxygen atoms in total. The van der Waals surface area contributed by atoms with Gasteiger partial charge in [-0.1, -0.05) is 84.0 Å². The fourth-order valence-corrected chi connectivity index (χ4v) is 4.03. The van der Waals surface area contributed by atoms with E-state index in [9.17, 15) is 24.0 Å². The molecule has 1 N–H and O–H groups in total. The molecule has 35 heavy (non-hydrogen) atoms. The molecule has 200 valence electrons. The quantitative estimate of drug-likeness (QED) is 0.150. The number of esters is 1. The average molecular weight is 497 g/mol. The molecule has 3 amide bonds. The van der Waals surface area contributed by atoms with Crippen LogP contribution in [0.15, 0.2) is 0 Å². The minimum Gasteiger partial charge on any atom is -0.467 e. The third kappa shape index (κ3) is 13.9. The Kier molecular flexibility index (Phi) is 16.4. The maximum absolute atomic E-state index is 12.3. The number of hydrogen-bond donors (Lipinski definition) is 1. The lowest BCUT2D eigenvalue weighted by molar-refractivity contribution is -0.197. The molecule has 0 aromatic carbocycles. The Morgan fingerprint density at radius 2 is 1.29 bits per heavy atom. The monoisotopic (exact) mass is 496 g/mol. The molecule has 0 aromatic heterocycles. The summed E-state index contributed by atoms with van der Waals surface area (Å²) in [6.07, 6.45) is 15.8. The van der Waals surface area contributed by atoms with Crippen LogP contribution < -0.4 is 5.32 Å². The third-order valence-corrected chi connectivity index (χ3v) is 6.16. The van der Waals surface area contributed by atoms with Gasteiger partial charge in [-0.3, -0.25) is 14.4 Å². The first-order chi connectivity index (χ1) is 16.9. The van der Waals surface area contributed by atoms with Crippen molar-refractivity contribution in [1.82, 2.24) is 10.4 Å². The van der Waals surface area contributed by atoms with Gasteiger partial charge in [0.2, 0.25) is 5.91 Å². The zero-order valence-electron chi connectivity index (χ0n) is 21.6. The number of nitrogens with one attached hydrogen (secondary N) is 1. The van der Waals surface area contributed by atoms with Crippen molar-refractivity contribution in [2.75, 3.05) is 7.11 Å². The Morgan fingerprint density at radius 3 is 1.77 bits per heavy atom. The molecule has 1 unspecified atom stereocenters. The number of unbranched alkanes of at least 4 members (excludes halogenated alkanes) is 12. The number of rotatable bonds is 20. The largest absolute Gasteiger partial charge is 0.467 e. The van der Waals surface area contributed by atoms with Gasteiger partial charge in [0.25, 0.3) is 11.8 Å². The first kappa shape index (κ1) is 30.6. The lowest BCUT2D eigenvalue weighted by Crippen LogP contribution is -2.42. The molecule has 0 radical (unpaired) electrons. The van der Waals surface area contributed by atoms with E-state index in [1.165, 1.54) is 71.3 Å². The maximum Gasteiger partial charge on any atom is 0.333 e. The Hall–Kier alpha value is -2.45. The second-order valence-corrected chi connectivity index (χ2v) is 9.22. The fraction of sp³-hybridized carbons (Fsp3) is 0.808. The molecule has 1 rings (SSSR count). The normalized spacial score (nSPS) is 14.2. The third-order valence-electron chi connectivity index (χ3n) is 6.16. The van der Waals surface area contributed by atoms with Gasteiger partial charge >= 0.3 is 11.9 Å². The first-order valence-electron chi connectivity index (χ1n) is 13.3. The van der Waals surface area contributed by atoms with Gasteiger partial charge in [0.05, 0.1) is 13.5 Å². The molecule has 0 saturated carbocycles. The predicted molar refractivity (Wildman–Crippen MR) is 131 cm³/mol. The van der Waals surface area contributed by atoms with E-state index in [1.807, 2.05) is 0 Å². The standard InChI is InChI=1S/C26H44N2O7/c1-3-4-5-6-7-8-9-10-11-12-13-14-15-16-22(29)27-21(26(33)34-2)17-20-25(32)35-28-23(30)18-19-24(28)31/h21H,3-20H2,1-2H3,(H,27,29). The Bertz CT molecular complexity index is 665. The smallest absolute Gasteiger partial charge is 0.333 e. The van der Waals surface area contributed by atoms with Crippen molar-refractivity contribution in [3.8, 4) is 0 Å². The van der Waals surface area contributed by atoms with Crippen LogP contribution in [0.5, 0.6) is 0 Å². The second-order valence-electron chi connectivity index (χ2n) is 9.22. The van der Waals surface area contributed by atoms with Crippen molar-refractivity contribution in [3.05, 3.63) is 0 Å². The van der Waals surface area contributed by atoms with Gasteiger partial charge in [-0.25, -0.2) is 9.59 Å². The van der Waals surface area contributed by atoms with Gasteiger partial charge in [-0.2, -0.15) is 0 Å². The highest BCUT2D eigenvalue weighted by molar-refractivity contribution is 6.01. The summed E-state index contributed by atoms with van der Waals surface area (Å²) in [5.74, 6) is -2.90. The summed E-state index contributed by atoms with van der Waals surface area (Å²) in [6.45, 7) is 2.24. The minimum absolute atomic E-state index is 0.00610. The second kappa shape index (κ2) is 18.8. The zero-order valence-corrected chi connectivity index (χ0v) is 21.6. The highest BCUT2D eigenvalue weighted by Crippen LogP contribution is 2.15. The van der Waals surface area contributed by atoms with Crippen LogP contribution in [0.3, 0.4) is 0 Å². The van der Waals surface area contributed by atoms with Crippen LogP contribution >= 0.6 is 0 Å². The molecule has 0 bridgehead atoms. The van der Waals surface area contributed by atoms with Crippen molar-refractivity contribution in [3.63, 3.8) is 0 Å². The van der Waals surface area contributed by atoms with E-state index in [4.69, 9.17) is 9.57 Å². The zero-order chi connectivity index (χ0) is 25.9. The molecule has 1 heterocycles. The van der Waals surface area contributed by atoms with Crippen LogP contribution in [0.1, 0.15) is 122 Å². The molecule has 1 aliphatic heterocycles. The van der Waals surface area contributed by atoms with Crippen LogP contribution in [0.25, 0.3) is 0 Å². The number of methoxy groups -OCH3 is 1. The number of hydroxylamine groups is 2. The van der Waals surface area contributed by atoms with Gasteiger partial charge in [-0.15, -0.1) is 5.06 Å². The van der Waals surface area contributed by atoms with E-state index in [1.54, 1.807) is 0 Å². The number of carbonyl (C=O) groups is 5. The van der Waals surface area contributed by atoms with Gasteiger partial charge in [-0.05, 0) is 12.8 Å². The summed E-state index contributed by atoms with van der Waals surface area (Å²) in [6, 6.07) is -0.994. The van der Waals surface area contributed by atoms with Crippen LogP contribution in [0.2, 0.25) is 0 Å². The highest BCUT2D eigenvalue weighted by Gasteiger charge is 2.33. The number of imide groups is 1. The number of amides is 3. The van der Waals surface area contributed by atoms with Gasteiger partial charge in [0.1, 0.15) is 6.04 Å². The molecule has 1 fully saturated rings. The van der Waals surface area contributed by atoms with Gasteiger partial charge in [0.15, 0.2) is 0 Å². The fourth-order valence-electron chi connectivity index (χ4n) is 4.03. The maximum atomic E-state index is 12.3. The molecule has 0 spiro atoms. The number of ether oxygens (including phenoxy) is 1. The van der Waals surface area contributed by atoms with Crippen LogP contribution in [0, 0.1) is 0 Å². The summed E-state index contributed by atoms with van der Waals surface area (Å²) >= 11 is 0. The van der Waals surface area contributed by atoms with Gasteiger partial charge in [0, 0.05) is 19.3 Å². The summed E-state index contributed by atoms with van der Waals surface area (Å²) in [5.41, 5.74) is 0. The molecule has 1 saturated heterocycles. The summed E-state index contributed by atoms with van der Waals surface area (Å²) in [4.78, 5) is 64.0. The molecular formula is C26H44N2O7. The Labute approximate surface area is 209 Å². The summed E-state index contributed by atoms with van der Waals surface area (Å²) in [5, 5.41) is 3.07. The molecule has 9 heteroatoms. The molecule has 1 aliphatic rings. The van der Waals surface area contributed by atoms with E-state index in [0.29, 0.717) is 11.5 Å². The van der Waals surface area contributed by atoms with E-state index in [-0.39, 0.29) is 31.6 Å². The van der Waals surface area contributed by atoms with Gasteiger partial charge < -0.3 is 14.9 Å². The predicted octanol–water partition coefficient (Wildman–Crippen LogP) is 4.51. The summed E-state index contributed by atoms with van der Waals surface area (Å²) in [7, 11) is 1.20. The minimum atomic E-state index is -0.994. The van der Waals surface area contributed by atoms with Crippen molar-refractivity contribution in [2.24, 2.45) is 0 Å². The molecule has 0 aromatic rings. The highest BCUT2D eigenvalue weighted by atomic mass is 16.7. The van der Waals surface area contributed by atoms with Crippen LogP contribution in [-0.4, -0.2) is 47.9 Å². The topological polar surface area (TPSA) is 119 Å². The van der Waals surface area contributed by atoms with Crippen molar-refractivity contribution in [2.45, 2.75) is 129 Å². The Morgan fingerprint density at radius 1 is 0.800 bits per heavy atom.